The molecule has 0 bridgehead atoms. The summed E-state index contributed by atoms with van der Waals surface area (Å²) in [7, 11) is 0. The fraction of sp³-hybridized carbons (Fsp3) is 0.733. The summed E-state index contributed by atoms with van der Waals surface area (Å²) in [6.45, 7) is 8.23. The highest BCUT2D eigenvalue weighted by Gasteiger charge is 2.47. The number of hydrogen-bond donors (Lipinski definition) is 1. The lowest BCUT2D eigenvalue weighted by atomic mass is 9.73. The summed E-state index contributed by atoms with van der Waals surface area (Å²) in [6.07, 6.45) is -1.56. The zero-order valence-electron chi connectivity index (χ0n) is 12.3. The van der Waals surface area contributed by atoms with E-state index in [-0.39, 0.29) is 6.04 Å². The summed E-state index contributed by atoms with van der Waals surface area (Å²) in [5, 5.41) is 10.6. The van der Waals surface area contributed by atoms with Crippen LogP contribution in [0.2, 0.25) is 0 Å². The van der Waals surface area contributed by atoms with Gasteiger partial charge in [0.1, 0.15) is 0 Å². The number of halogens is 3. The molecule has 3 atom stereocenters. The lowest BCUT2D eigenvalue weighted by Crippen LogP contribution is -2.52. The maximum atomic E-state index is 13.0. The van der Waals surface area contributed by atoms with Crippen LogP contribution in [-0.4, -0.2) is 40.9 Å². The molecule has 2 aliphatic rings. The molecular weight excluding hydrogens is 267 g/mol. The third-order valence-corrected chi connectivity index (χ3v) is 4.48. The molecule has 1 heterocycles. The first-order valence-electron chi connectivity index (χ1n) is 6.99. The van der Waals surface area contributed by atoms with Gasteiger partial charge in [-0.05, 0) is 37.8 Å². The highest BCUT2D eigenvalue weighted by atomic mass is 19.4. The van der Waals surface area contributed by atoms with E-state index in [0.717, 1.165) is 5.57 Å². The normalized spacial score (nSPS) is 35.6. The molecule has 20 heavy (non-hydrogen) atoms. The van der Waals surface area contributed by atoms with Gasteiger partial charge in [0, 0.05) is 19.1 Å². The average Bonchev–Trinajstić information content (AvgIpc) is 2.27. The number of aliphatic hydroxyl groups is 1. The highest BCUT2D eigenvalue weighted by molar-refractivity contribution is 5.42. The van der Waals surface area contributed by atoms with Crippen LogP contribution in [0.3, 0.4) is 0 Å². The van der Waals surface area contributed by atoms with Gasteiger partial charge in [-0.15, -0.1) is 0 Å². The predicted octanol–water partition coefficient (Wildman–Crippen LogP) is 3.14. The molecule has 1 aliphatic heterocycles. The van der Waals surface area contributed by atoms with Gasteiger partial charge in [-0.25, -0.2) is 0 Å². The van der Waals surface area contributed by atoms with Gasteiger partial charge in [-0.3, -0.25) is 4.90 Å². The number of nitrogens with zero attached hydrogens (tertiary/aromatic N) is 1. The molecule has 0 aromatic rings. The maximum Gasteiger partial charge on any atom is 0.395 e. The van der Waals surface area contributed by atoms with E-state index < -0.39 is 23.6 Å². The van der Waals surface area contributed by atoms with Crippen LogP contribution in [0, 0.1) is 11.8 Å². The van der Waals surface area contributed by atoms with Crippen molar-refractivity contribution in [2.24, 2.45) is 11.8 Å². The molecule has 2 rings (SSSR count). The summed E-state index contributed by atoms with van der Waals surface area (Å²) in [5.41, 5.74) is 0.307. The molecule has 2 unspecified atom stereocenters. The second-order valence-electron chi connectivity index (χ2n) is 6.43. The van der Waals surface area contributed by atoms with Crippen molar-refractivity contribution in [1.82, 2.24) is 4.90 Å². The Morgan fingerprint density at radius 3 is 2.50 bits per heavy atom. The van der Waals surface area contributed by atoms with Crippen molar-refractivity contribution in [2.75, 3.05) is 13.1 Å². The van der Waals surface area contributed by atoms with Gasteiger partial charge in [0.05, 0.1) is 11.5 Å². The van der Waals surface area contributed by atoms with Gasteiger partial charge < -0.3 is 5.11 Å². The average molecular weight is 289 g/mol. The largest absolute Gasteiger partial charge is 0.395 e. The molecule has 5 heteroatoms. The number of allylic oxidation sites excluding steroid dienone is 1. The Morgan fingerprint density at radius 1 is 1.40 bits per heavy atom. The lowest BCUT2D eigenvalue weighted by molar-refractivity contribution is -0.171. The van der Waals surface area contributed by atoms with E-state index in [2.05, 4.69) is 0 Å². The van der Waals surface area contributed by atoms with Gasteiger partial charge in [0.2, 0.25) is 0 Å². The molecule has 2 nitrogen and oxygen atoms in total. The van der Waals surface area contributed by atoms with E-state index in [1.54, 1.807) is 13.8 Å². The number of rotatable bonds is 1. The first-order chi connectivity index (χ1) is 9.04. The molecule has 114 valence electrons. The van der Waals surface area contributed by atoms with Crippen LogP contribution in [-0.2, 0) is 0 Å². The molecule has 0 radical (unpaired) electrons. The monoisotopic (exact) mass is 289 g/mol. The summed E-state index contributed by atoms with van der Waals surface area (Å²) in [4.78, 5) is 2.03. The zero-order valence-corrected chi connectivity index (χ0v) is 12.3. The van der Waals surface area contributed by atoms with Crippen molar-refractivity contribution in [2.45, 2.75) is 45.5 Å². The van der Waals surface area contributed by atoms with Gasteiger partial charge >= 0.3 is 6.18 Å². The van der Waals surface area contributed by atoms with E-state index in [1.807, 2.05) is 18.7 Å². The molecule has 0 saturated heterocycles. The standard InChI is InChI=1S/C15H22F3NO/c1-9(2)19-7-11-10(3)12(15(16,17)18)5-6-13(11)14(4,20)8-19/h5-6,9-10,12,20H,7-8H2,1-4H3/t10?,12?,14-/m0/s1. The van der Waals surface area contributed by atoms with Gasteiger partial charge in [0.15, 0.2) is 0 Å². The fourth-order valence-electron chi connectivity index (χ4n) is 3.20. The van der Waals surface area contributed by atoms with Gasteiger partial charge in [-0.1, -0.05) is 19.1 Å². The Labute approximate surface area is 118 Å². The van der Waals surface area contributed by atoms with E-state index in [0.29, 0.717) is 18.7 Å². The van der Waals surface area contributed by atoms with E-state index in [9.17, 15) is 18.3 Å². The minimum atomic E-state index is -4.24. The molecule has 0 amide bonds. The molecule has 0 saturated carbocycles. The van der Waals surface area contributed by atoms with Crippen molar-refractivity contribution in [1.29, 1.82) is 0 Å². The first-order valence-corrected chi connectivity index (χ1v) is 6.99. The van der Waals surface area contributed by atoms with Crippen molar-refractivity contribution in [3.63, 3.8) is 0 Å². The van der Waals surface area contributed by atoms with Crippen LogP contribution >= 0.6 is 0 Å². The molecule has 1 aliphatic carbocycles. The molecular formula is C15H22F3NO. The Hall–Kier alpha value is -0.810. The second kappa shape index (κ2) is 4.88. The molecule has 0 aromatic heterocycles. The molecule has 1 N–H and O–H groups in total. The van der Waals surface area contributed by atoms with Crippen molar-refractivity contribution in [3.8, 4) is 0 Å². The van der Waals surface area contributed by atoms with Crippen LogP contribution in [0.15, 0.2) is 23.3 Å². The molecule has 0 spiro atoms. The fourth-order valence-corrected chi connectivity index (χ4v) is 3.20. The molecule has 0 aromatic carbocycles. The van der Waals surface area contributed by atoms with Crippen molar-refractivity contribution >= 4 is 0 Å². The van der Waals surface area contributed by atoms with Crippen LogP contribution in [0.5, 0.6) is 0 Å². The van der Waals surface area contributed by atoms with E-state index in [1.165, 1.54) is 12.2 Å². The first kappa shape index (κ1) is 15.6. The third kappa shape index (κ3) is 2.66. The van der Waals surface area contributed by atoms with E-state index in [4.69, 9.17) is 0 Å². The van der Waals surface area contributed by atoms with Crippen LogP contribution < -0.4 is 0 Å². The number of β-amino-alcohol motifs (C(OH)–C–C–N with tert-alkyl or cyclic N) is 1. The third-order valence-electron chi connectivity index (χ3n) is 4.48. The SMILES string of the molecule is CC1C2=C(C=CC1C(F)(F)F)[C@@](C)(O)CN(C(C)C)C2. The predicted molar refractivity (Wildman–Crippen MR) is 72.2 cm³/mol. The van der Waals surface area contributed by atoms with Crippen LogP contribution in [0.25, 0.3) is 0 Å². The topological polar surface area (TPSA) is 23.5 Å². The summed E-state index contributed by atoms with van der Waals surface area (Å²) in [6, 6.07) is 0.193. The molecule has 0 fully saturated rings. The van der Waals surface area contributed by atoms with Crippen LogP contribution in [0.1, 0.15) is 27.7 Å². The van der Waals surface area contributed by atoms with Gasteiger partial charge in [0.25, 0.3) is 0 Å². The Kier molecular flexibility index (Phi) is 3.80. The maximum absolute atomic E-state index is 13.0. The zero-order chi connectivity index (χ0) is 15.3. The van der Waals surface area contributed by atoms with Gasteiger partial charge in [-0.2, -0.15) is 13.2 Å². The van der Waals surface area contributed by atoms with Crippen molar-refractivity contribution < 1.29 is 18.3 Å². The second-order valence-corrected chi connectivity index (χ2v) is 6.43. The quantitative estimate of drug-likeness (QED) is 0.801. The summed E-state index contributed by atoms with van der Waals surface area (Å²) >= 11 is 0. The van der Waals surface area contributed by atoms with Crippen LogP contribution in [0.4, 0.5) is 13.2 Å². The van der Waals surface area contributed by atoms with E-state index >= 15 is 0 Å². The van der Waals surface area contributed by atoms with Crippen molar-refractivity contribution in [3.05, 3.63) is 23.3 Å². The number of alkyl halides is 3. The summed E-state index contributed by atoms with van der Waals surface area (Å²) < 4.78 is 39.1. The Morgan fingerprint density at radius 2 is 2.00 bits per heavy atom. The smallest absolute Gasteiger partial charge is 0.384 e. The lowest BCUT2D eigenvalue weighted by Gasteiger charge is -2.45. The minimum absolute atomic E-state index is 0.193. The summed E-state index contributed by atoms with van der Waals surface area (Å²) in [5.74, 6) is -2.08. The Balaban J connectivity index is 2.39. The number of hydrogen-bond acceptors (Lipinski definition) is 2. The Bertz CT molecular complexity index is 449. The minimum Gasteiger partial charge on any atom is -0.384 e. The highest BCUT2D eigenvalue weighted by Crippen LogP contribution is 2.44.